The quantitative estimate of drug-likeness (QED) is 0.209. The summed E-state index contributed by atoms with van der Waals surface area (Å²) in [4.78, 5) is 4.59. The van der Waals surface area contributed by atoms with E-state index in [9.17, 15) is 0 Å². The van der Waals surface area contributed by atoms with Gasteiger partial charge in [0, 0.05) is 17.8 Å². The highest BCUT2D eigenvalue weighted by Crippen LogP contribution is 2.44. The van der Waals surface area contributed by atoms with Crippen molar-refractivity contribution in [2.24, 2.45) is 0 Å². The second-order valence-electron chi connectivity index (χ2n) is 10.4. The maximum Gasteiger partial charge on any atom is 0.0353 e. The molecule has 190 valence electrons. The van der Waals surface area contributed by atoms with Crippen LogP contribution in [0.4, 0.5) is 0 Å². The van der Waals surface area contributed by atoms with E-state index in [0.717, 1.165) is 6.42 Å². The van der Waals surface area contributed by atoms with Crippen LogP contribution in [0.5, 0.6) is 0 Å². The fourth-order valence-electron chi connectivity index (χ4n) is 5.91. The van der Waals surface area contributed by atoms with Gasteiger partial charge in [0.15, 0.2) is 0 Å². The van der Waals surface area contributed by atoms with Gasteiger partial charge in [-0.25, -0.2) is 0 Å². The molecule has 40 heavy (non-hydrogen) atoms. The number of pyridine rings is 1. The number of aromatic nitrogens is 1. The van der Waals surface area contributed by atoms with E-state index in [2.05, 4.69) is 145 Å². The van der Waals surface area contributed by atoms with Gasteiger partial charge in [-0.05, 0) is 91.4 Å². The van der Waals surface area contributed by atoms with Gasteiger partial charge in [0.25, 0.3) is 0 Å². The zero-order chi connectivity index (χ0) is 26.9. The molecule has 0 aliphatic carbocycles. The number of benzene rings is 6. The van der Waals surface area contributed by atoms with Crippen molar-refractivity contribution in [3.63, 3.8) is 0 Å². The van der Waals surface area contributed by atoms with E-state index in [0.29, 0.717) is 0 Å². The third-order valence-electron chi connectivity index (χ3n) is 7.92. The van der Waals surface area contributed by atoms with E-state index in [1.54, 1.807) is 0 Å². The van der Waals surface area contributed by atoms with Gasteiger partial charge in [-0.2, -0.15) is 0 Å². The molecule has 1 nitrogen and oxygen atoms in total. The van der Waals surface area contributed by atoms with Gasteiger partial charge in [0.2, 0.25) is 0 Å². The van der Waals surface area contributed by atoms with Crippen molar-refractivity contribution >= 4 is 38.4 Å². The molecule has 7 rings (SSSR count). The third kappa shape index (κ3) is 4.36. The van der Waals surface area contributed by atoms with Gasteiger partial charge < -0.3 is 0 Å². The lowest BCUT2D eigenvalue weighted by Crippen LogP contribution is -1.93. The number of hydrogen-bond acceptors (Lipinski definition) is 1. The van der Waals surface area contributed by atoms with E-state index in [1.165, 1.54) is 71.3 Å². The Bertz CT molecular complexity index is 2030. The van der Waals surface area contributed by atoms with E-state index in [4.69, 9.17) is 0 Å². The molecule has 6 aromatic carbocycles. The Morgan fingerprint density at radius 3 is 2.20 bits per heavy atom. The summed E-state index contributed by atoms with van der Waals surface area (Å²) in [5, 5.41) is 7.42. The number of aryl methyl sites for hydroxylation is 1. The molecule has 0 unspecified atom stereocenters. The lowest BCUT2D eigenvalue weighted by atomic mass is 9.85. The summed E-state index contributed by atoms with van der Waals surface area (Å²) < 4.78 is 0. The molecule has 7 aromatic rings. The molecule has 0 amide bonds. The summed E-state index contributed by atoms with van der Waals surface area (Å²) in [5.74, 6) is 0. The molecule has 0 N–H and O–H groups in total. The molecule has 0 aliphatic rings. The Morgan fingerprint density at radius 1 is 0.575 bits per heavy atom. The van der Waals surface area contributed by atoms with Crippen molar-refractivity contribution in [1.29, 1.82) is 0 Å². The molecular formula is C39H29N. The van der Waals surface area contributed by atoms with Gasteiger partial charge in [-0.15, -0.1) is 0 Å². The molecule has 1 aromatic heterocycles. The second kappa shape index (κ2) is 10.3. The Hall–Kier alpha value is -5.01. The van der Waals surface area contributed by atoms with E-state index in [1.807, 2.05) is 12.4 Å². The second-order valence-corrected chi connectivity index (χ2v) is 10.4. The van der Waals surface area contributed by atoms with Gasteiger partial charge in [0.05, 0.1) is 0 Å². The Labute approximate surface area is 235 Å². The van der Waals surface area contributed by atoms with Crippen molar-refractivity contribution in [1.82, 2.24) is 4.98 Å². The van der Waals surface area contributed by atoms with Gasteiger partial charge >= 0.3 is 0 Å². The number of allylic oxidation sites excluding steroid dienone is 1. The fourth-order valence-corrected chi connectivity index (χ4v) is 5.91. The minimum atomic E-state index is 0.873. The lowest BCUT2D eigenvalue weighted by molar-refractivity contribution is 1.29. The zero-order valence-corrected chi connectivity index (χ0v) is 22.5. The highest BCUT2D eigenvalue weighted by atomic mass is 14.6. The maximum absolute atomic E-state index is 4.59. The standard InChI is InChI=1S/C39H29N/c1-27-10-5-6-12-29(27)17-9-11-28-18-21-34-36(24-28)38(31-14-3-2-4-15-31)35-22-23-40-26-37(35)39(34)33-20-19-30-13-7-8-16-32(30)25-33/h2-10,12-26H,11H2,1H3/b17-9-. The molecule has 1 heteroatoms. The fraction of sp³-hybridized carbons (Fsp3) is 0.0513. The van der Waals surface area contributed by atoms with Crippen LogP contribution in [-0.2, 0) is 6.42 Å². The Balaban J connectivity index is 1.47. The van der Waals surface area contributed by atoms with Crippen LogP contribution in [0, 0.1) is 6.92 Å². The summed E-state index contributed by atoms with van der Waals surface area (Å²) in [6.45, 7) is 2.16. The normalized spacial score (nSPS) is 11.6. The molecular weight excluding hydrogens is 482 g/mol. The van der Waals surface area contributed by atoms with Crippen LogP contribution in [0.3, 0.4) is 0 Å². The van der Waals surface area contributed by atoms with Crippen LogP contribution in [0.2, 0.25) is 0 Å². The first-order chi connectivity index (χ1) is 19.8. The highest BCUT2D eigenvalue weighted by molar-refractivity contribution is 6.21. The van der Waals surface area contributed by atoms with Gasteiger partial charge in [0.1, 0.15) is 0 Å². The largest absolute Gasteiger partial charge is 0.264 e. The molecule has 0 bridgehead atoms. The summed E-state index contributed by atoms with van der Waals surface area (Å²) in [6.07, 6.45) is 9.34. The van der Waals surface area contributed by atoms with Crippen molar-refractivity contribution in [3.05, 3.63) is 156 Å². The number of fused-ring (bicyclic) bond motifs is 3. The van der Waals surface area contributed by atoms with E-state index in [-0.39, 0.29) is 0 Å². The number of nitrogens with zero attached hydrogens (tertiary/aromatic N) is 1. The van der Waals surface area contributed by atoms with Gasteiger partial charge in [-0.3, -0.25) is 4.98 Å². The first-order valence-electron chi connectivity index (χ1n) is 13.9. The monoisotopic (exact) mass is 511 g/mol. The Morgan fingerprint density at radius 2 is 1.32 bits per heavy atom. The first kappa shape index (κ1) is 24.1. The predicted molar refractivity (Wildman–Crippen MR) is 172 cm³/mol. The summed E-state index contributed by atoms with van der Waals surface area (Å²) >= 11 is 0. The average Bonchev–Trinajstić information content (AvgIpc) is 3.01. The van der Waals surface area contributed by atoms with Crippen LogP contribution in [0.1, 0.15) is 16.7 Å². The van der Waals surface area contributed by atoms with Crippen LogP contribution < -0.4 is 0 Å². The molecule has 1 heterocycles. The molecule has 0 fully saturated rings. The summed E-state index contributed by atoms with van der Waals surface area (Å²) in [5.41, 5.74) is 8.81. The van der Waals surface area contributed by atoms with E-state index < -0.39 is 0 Å². The molecule has 0 saturated carbocycles. The van der Waals surface area contributed by atoms with Gasteiger partial charge in [-0.1, -0.05) is 121 Å². The third-order valence-corrected chi connectivity index (χ3v) is 7.92. The average molecular weight is 512 g/mol. The summed E-state index contributed by atoms with van der Waals surface area (Å²) in [7, 11) is 0. The van der Waals surface area contributed by atoms with Crippen molar-refractivity contribution in [3.8, 4) is 22.3 Å². The number of rotatable bonds is 5. The van der Waals surface area contributed by atoms with Crippen LogP contribution in [-0.4, -0.2) is 4.98 Å². The zero-order valence-electron chi connectivity index (χ0n) is 22.5. The SMILES string of the molecule is Cc1ccccc1/C=C\Cc1ccc2c(-c3ccc4ccccc4c3)c3cnccc3c(-c3ccccc3)c2c1. The molecule has 0 saturated heterocycles. The maximum atomic E-state index is 4.59. The van der Waals surface area contributed by atoms with Crippen LogP contribution in [0.15, 0.2) is 140 Å². The van der Waals surface area contributed by atoms with Crippen LogP contribution in [0.25, 0.3) is 60.6 Å². The smallest absolute Gasteiger partial charge is 0.0353 e. The Kier molecular flexibility index (Phi) is 6.18. The van der Waals surface area contributed by atoms with Crippen LogP contribution >= 0.6 is 0 Å². The molecule has 0 radical (unpaired) electrons. The first-order valence-corrected chi connectivity index (χ1v) is 13.9. The summed E-state index contributed by atoms with van der Waals surface area (Å²) in [6, 6.07) is 43.8. The van der Waals surface area contributed by atoms with Crippen molar-refractivity contribution in [2.45, 2.75) is 13.3 Å². The lowest BCUT2D eigenvalue weighted by Gasteiger charge is -2.18. The minimum Gasteiger partial charge on any atom is -0.264 e. The van der Waals surface area contributed by atoms with E-state index >= 15 is 0 Å². The number of hydrogen-bond donors (Lipinski definition) is 0. The topological polar surface area (TPSA) is 12.9 Å². The molecule has 0 aliphatic heterocycles. The molecule has 0 spiro atoms. The molecule has 0 atom stereocenters. The van der Waals surface area contributed by atoms with Crippen molar-refractivity contribution < 1.29 is 0 Å². The minimum absolute atomic E-state index is 0.873. The van der Waals surface area contributed by atoms with Crippen molar-refractivity contribution in [2.75, 3.05) is 0 Å². The highest BCUT2D eigenvalue weighted by Gasteiger charge is 2.17. The predicted octanol–water partition coefficient (Wildman–Crippen LogP) is 10.4.